The fourth-order valence-corrected chi connectivity index (χ4v) is 2.72. The fraction of sp³-hybridized carbons (Fsp3) is 0.231. The average Bonchev–Trinajstić information content (AvgIpc) is 2.66. The summed E-state index contributed by atoms with van der Waals surface area (Å²) in [5, 5.41) is 13.8. The van der Waals surface area contributed by atoms with Crippen LogP contribution >= 0.6 is 11.3 Å². The summed E-state index contributed by atoms with van der Waals surface area (Å²) in [6.45, 7) is 4.48. The number of rotatable bonds is 4. The summed E-state index contributed by atoms with van der Waals surface area (Å²) in [6, 6.07) is 5.43. The second kappa shape index (κ2) is 5.36. The molecule has 0 saturated carbocycles. The van der Waals surface area contributed by atoms with Gasteiger partial charge in [0.1, 0.15) is 11.5 Å². The second-order valence-corrected chi connectivity index (χ2v) is 5.56. The molecule has 1 aromatic heterocycles. The van der Waals surface area contributed by atoms with Gasteiger partial charge in [-0.1, -0.05) is 0 Å². The lowest BCUT2D eigenvalue weighted by atomic mass is 10.2. The third kappa shape index (κ3) is 3.08. The Morgan fingerprint density at radius 2 is 2.11 bits per heavy atom. The molecule has 0 amide bonds. The number of thiophene rings is 1. The average molecular weight is 280 g/mol. The lowest BCUT2D eigenvalue weighted by molar-refractivity contribution is -0.384. The van der Waals surface area contributed by atoms with E-state index in [1.165, 1.54) is 16.5 Å². The highest BCUT2D eigenvalue weighted by Gasteiger charge is 2.14. The monoisotopic (exact) mass is 280 g/mol. The largest absolute Gasteiger partial charge is 0.375 e. The van der Waals surface area contributed by atoms with Gasteiger partial charge in [-0.2, -0.15) is 0 Å². The van der Waals surface area contributed by atoms with Gasteiger partial charge < -0.3 is 5.32 Å². The van der Waals surface area contributed by atoms with Gasteiger partial charge in [0.15, 0.2) is 0 Å². The van der Waals surface area contributed by atoms with E-state index in [4.69, 9.17) is 0 Å². The molecule has 0 fully saturated rings. The maximum absolute atomic E-state index is 13.1. The molecule has 2 rings (SSSR count). The van der Waals surface area contributed by atoms with Crippen LogP contribution in [-0.4, -0.2) is 4.92 Å². The van der Waals surface area contributed by atoms with Crippen LogP contribution in [0.3, 0.4) is 0 Å². The SMILES string of the molecule is Cc1cc(CNc2cc(F)ccc2[N+](=O)[O-])sc1C. The van der Waals surface area contributed by atoms with Crippen LogP contribution in [0.25, 0.3) is 0 Å². The van der Waals surface area contributed by atoms with E-state index in [1.54, 1.807) is 11.3 Å². The zero-order valence-corrected chi connectivity index (χ0v) is 11.4. The second-order valence-electron chi connectivity index (χ2n) is 4.22. The Hall–Kier alpha value is -1.95. The van der Waals surface area contributed by atoms with Gasteiger partial charge in [-0.05, 0) is 31.5 Å². The summed E-state index contributed by atoms with van der Waals surface area (Å²) in [4.78, 5) is 12.6. The van der Waals surface area contributed by atoms with Crippen molar-refractivity contribution < 1.29 is 9.31 Å². The van der Waals surface area contributed by atoms with Gasteiger partial charge in [0.2, 0.25) is 0 Å². The zero-order chi connectivity index (χ0) is 14.0. The van der Waals surface area contributed by atoms with Gasteiger partial charge in [0.25, 0.3) is 5.69 Å². The molecule has 0 bridgehead atoms. The fourth-order valence-electron chi connectivity index (χ4n) is 1.73. The third-order valence-electron chi connectivity index (χ3n) is 2.83. The highest BCUT2D eigenvalue weighted by atomic mass is 32.1. The van der Waals surface area contributed by atoms with Crippen LogP contribution in [0.2, 0.25) is 0 Å². The highest BCUT2D eigenvalue weighted by Crippen LogP contribution is 2.27. The highest BCUT2D eigenvalue weighted by molar-refractivity contribution is 7.12. The minimum absolute atomic E-state index is 0.119. The maximum Gasteiger partial charge on any atom is 0.292 e. The van der Waals surface area contributed by atoms with E-state index in [1.807, 2.05) is 19.9 Å². The van der Waals surface area contributed by atoms with E-state index in [-0.39, 0.29) is 11.4 Å². The topological polar surface area (TPSA) is 55.2 Å². The van der Waals surface area contributed by atoms with Crippen LogP contribution in [0.4, 0.5) is 15.8 Å². The minimum atomic E-state index is -0.521. The minimum Gasteiger partial charge on any atom is -0.375 e. The van der Waals surface area contributed by atoms with Crippen molar-refractivity contribution in [1.29, 1.82) is 0 Å². The number of benzene rings is 1. The van der Waals surface area contributed by atoms with Crippen LogP contribution in [0, 0.1) is 29.8 Å². The first-order valence-corrected chi connectivity index (χ1v) is 6.52. The molecule has 0 spiro atoms. The van der Waals surface area contributed by atoms with Crippen molar-refractivity contribution in [2.24, 2.45) is 0 Å². The number of halogens is 1. The number of hydrogen-bond donors (Lipinski definition) is 1. The van der Waals surface area contributed by atoms with E-state index in [2.05, 4.69) is 5.32 Å². The zero-order valence-electron chi connectivity index (χ0n) is 10.6. The molecule has 0 atom stereocenters. The standard InChI is InChI=1S/C13H13FN2O2S/c1-8-5-11(19-9(8)2)7-15-12-6-10(14)3-4-13(12)16(17)18/h3-6,15H,7H2,1-2H3. The molecular weight excluding hydrogens is 267 g/mol. The molecule has 19 heavy (non-hydrogen) atoms. The molecule has 1 N–H and O–H groups in total. The van der Waals surface area contributed by atoms with Crippen LogP contribution in [-0.2, 0) is 6.54 Å². The Bertz CT molecular complexity index is 606. The molecule has 100 valence electrons. The quantitative estimate of drug-likeness (QED) is 0.679. The van der Waals surface area contributed by atoms with E-state index in [0.29, 0.717) is 6.54 Å². The number of nitro benzene ring substituents is 1. The normalized spacial score (nSPS) is 10.5. The third-order valence-corrected chi connectivity index (χ3v) is 3.98. The summed E-state index contributed by atoms with van der Waals surface area (Å²) >= 11 is 1.63. The molecule has 0 aliphatic carbocycles. The van der Waals surface area contributed by atoms with Gasteiger partial charge in [0.05, 0.1) is 4.92 Å². The molecule has 1 heterocycles. The van der Waals surface area contributed by atoms with E-state index in [0.717, 1.165) is 17.0 Å². The Balaban J connectivity index is 2.19. The summed E-state index contributed by atoms with van der Waals surface area (Å²) in [5.41, 5.74) is 1.27. The molecule has 1 aromatic carbocycles. The number of nitrogens with zero attached hydrogens (tertiary/aromatic N) is 1. The Morgan fingerprint density at radius 3 is 2.68 bits per heavy atom. The van der Waals surface area contributed by atoms with Crippen molar-refractivity contribution in [3.63, 3.8) is 0 Å². The molecule has 0 saturated heterocycles. The molecule has 0 radical (unpaired) electrons. The van der Waals surface area contributed by atoms with E-state index >= 15 is 0 Å². The number of nitro groups is 1. The lowest BCUT2D eigenvalue weighted by Crippen LogP contribution is -2.02. The first-order valence-electron chi connectivity index (χ1n) is 5.71. The van der Waals surface area contributed by atoms with Crippen LogP contribution in [0.15, 0.2) is 24.3 Å². The Morgan fingerprint density at radius 1 is 1.37 bits per heavy atom. The number of nitrogens with one attached hydrogen (secondary N) is 1. The molecule has 0 unspecified atom stereocenters. The maximum atomic E-state index is 13.1. The van der Waals surface area contributed by atoms with Crippen LogP contribution in [0.1, 0.15) is 15.3 Å². The molecule has 6 heteroatoms. The van der Waals surface area contributed by atoms with Crippen LogP contribution < -0.4 is 5.32 Å². The van der Waals surface area contributed by atoms with Crippen LogP contribution in [0.5, 0.6) is 0 Å². The van der Waals surface area contributed by atoms with Crippen molar-refractivity contribution in [2.75, 3.05) is 5.32 Å². The van der Waals surface area contributed by atoms with Crippen molar-refractivity contribution in [1.82, 2.24) is 0 Å². The predicted octanol–water partition coefficient (Wildman–Crippen LogP) is 4.02. The number of anilines is 1. The van der Waals surface area contributed by atoms with Crippen molar-refractivity contribution >= 4 is 22.7 Å². The van der Waals surface area contributed by atoms with Gasteiger partial charge in [0, 0.05) is 28.4 Å². The van der Waals surface area contributed by atoms with Gasteiger partial charge in [-0.3, -0.25) is 10.1 Å². The first-order chi connectivity index (χ1) is 8.97. The van der Waals surface area contributed by atoms with Crippen molar-refractivity contribution in [3.8, 4) is 0 Å². The number of hydrogen-bond acceptors (Lipinski definition) is 4. The van der Waals surface area contributed by atoms with E-state index in [9.17, 15) is 14.5 Å². The molecule has 0 aliphatic rings. The predicted molar refractivity (Wildman–Crippen MR) is 74.2 cm³/mol. The molecular formula is C13H13FN2O2S. The lowest BCUT2D eigenvalue weighted by Gasteiger charge is -2.05. The summed E-state index contributed by atoms with van der Waals surface area (Å²) < 4.78 is 13.1. The van der Waals surface area contributed by atoms with Gasteiger partial charge in [-0.15, -0.1) is 11.3 Å². The summed E-state index contributed by atoms with van der Waals surface area (Å²) in [7, 11) is 0. The Kier molecular flexibility index (Phi) is 3.80. The van der Waals surface area contributed by atoms with Crippen molar-refractivity contribution in [3.05, 3.63) is 55.5 Å². The van der Waals surface area contributed by atoms with Crippen molar-refractivity contribution in [2.45, 2.75) is 20.4 Å². The van der Waals surface area contributed by atoms with Gasteiger partial charge >= 0.3 is 0 Å². The first kappa shape index (κ1) is 13.5. The number of aryl methyl sites for hydroxylation is 2. The van der Waals surface area contributed by atoms with E-state index < -0.39 is 10.7 Å². The molecule has 2 aromatic rings. The summed E-state index contributed by atoms with van der Waals surface area (Å²) in [5.74, 6) is -0.494. The smallest absolute Gasteiger partial charge is 0.292 e. The molecule has 0 aliphatic heterocycles. The van der Waals surface area contributed by atoms with Gasteiger partial charge in [-0.25, -0.2) is 4.39 Å². The Labute approximate surface area is 114 Å². The molecule has 4 nitrogen and oxygen atoms in total. The summed E-state index contributed by atoms with van der Waals surface area (Å²) in [6.07, 6.45) is 0.